The summed E-state index contributed by atoms with van der Waals surface area (Å²) in [5.74, 6) is 0.299. The first kappa shape index (κ1) is 31.0. The zero-order chi connectivity index (χ0) is 35.2. The number of aryl methyl sites for hydroxylation is 1. The Balaban J connectivity index is 1.45. The van der Waals surface area contributed by atoms with Gasteiger partial charge in [0.05, 0.1) is 16.5 Å². The summed E-state index contributed by atoms with van der Waals surface area (Å²) in [4.78, 5) is 31.0. The van der Waals surface area contributed by atoms with Crippen LogP contribution >= 0.6 is 0 Å². The van der Waals surface area contributed by atoms with Gasteiger partial charge in [0.25, 0.3) is 11.1 Å². The third-order valence-electron chi connectivity index (χ3n) is 11.9. The van der Waals surface area contributed by atoms with Crippen LogP contribution in [0.5, 0.6) is 0 Å². The van der Waals surface area contributed by atoms with E-state index < -0.39 is 0 Å². The van der Waals surface area contributed by atoms with Crippen LogP contribution in [0.4, 0.5) is 0 Å². The Morgan fingerprint density at radius 1 is 0.538 bits per heavy atom. The van der Waals surface area contributed by atoms with Gasteiger partial charge in [0.15, 0.2) is 0 Å². The van der Waals surface area contributed by atoms with Crippen LogP contribution in [0, 0.1) is 0 Å². The molecular formula is C49H39NO2. The molecule has 0 radical (unpaired) electrons. The van der Waals surface area contributed by atoms with Crippen LogP contribution < -0.4 is 11.1 Å². The van der Waals surface area contributed by atoms with Crippen LogP contribution in [0.2, 0.25) is 0 Å². The lowest BCUT2D eigenvalue weighted by Gasteiger charge is -2.17. The fourth-order valence-corrected chi connectivity index (χ4v) is 9.55. The lowest BCUT2D eigenvalue weighted by Crippen LogP contribution is -2.25. The summed E-state index contributed by atoms with van der Waals surface area (Å²) < 4.78 is 1.51. The number of hydrogen-bond acceptors (Lipinski definition) is 2. The molecule has 10 rings (SSSR count). The highest BCUT2D eigenvalue weighted by Gasteiger charge is 2.30. The zero-order valence-corrected chi connectivity index (χ0v) is 29.8. The molecule has 0 saturated heterocycles. The first-order valence-corrected chi connectivity index (χ1v) is 18.9. The zero-order valence-electron chi connectivity index (χ0n) is 29.8. The summed E-state index contributed by atoms with van der Waals surface area (Å²) in [6.07, 6.45) is 5.18. The molecule has 0 spiro atoms. The van der Waals surface area contributed by atoms with Gasteiger partial charge in [0, 0.05) is 11.1 Å². The summed E-state index contributed by atoms with van der Waals surface area (Å²) >= 11 is 0. The molecule has 0 aliphatic rings. The van der Waals surface area contributed by atoms with E-state index in [0.29, 0.717) is 22.4 Å². The van der Waals surface area contributed by atoms with E-state index in [2.05, 4.69) is 81.4 Å². The van der Waals surface area contributed by atoms with Gasteiger partial charge in [-0.2, -0.15) is 0 Å². The third-order valence-corrected chi connectivity index (χ3v) is 11.9. The van der Waals surface area contributed by atoms with Crippen molar-refractivity contribution in [3.05, 3.63) is 147 Å². The largest absolute Gasteiger partial charge is 0.268 e. The normalized spacial score (nSPS) is 13.0. The highest BCUT2D eigenvalue weighted by Crippen LogP contribution is 2.52. The molecule has 0 aliphatic heterocycles. The molecule has 0 bridgehead atoms. The molecule has 0 aliphatic carbocycles. The summed E-state index contributed by atoms with van der Waals surface area (Å²) in [6, 6.07) is 40.0. The van der Waals surface area contributed by atoms with Crippen LogP contribution in [0.3, 0.4) is 0 Å². The van der Waals surface area contributed by atoms with Crippen molar-refractivity contribution in [2.45, 2.75) is 58.8 Å². The average Bonchev–Trinajstić information content (AvgIpc) is 3.68. The van der Waals surface area contributed by atoms with Crippen LogP contribution in [-0.2, 0) is 6.42 Å². The van der Waals surface area contributed by atoms with Gasteiger partial charge in [-0.3, -0.25) is 9.59 Å². The minimum absolute atomic E-state index is 0.241. The molecule has 10 aromatic rings. The topological polar surface area (TPSA) is 39.1 Å². The number of fused-ring (bicyclic) bond motifs is 3. The molecule has 1 unspecified atom stereocenters. The van der Waals surface area contributed by atoms with Crippen LogP contribution in [0.15, 0.2) is 125 Å². The maximum Gasteiger partial charge on any atom is 0.266 e. The van der Waals surface area contributed by atoms with Gasteiger partial charge in [-0.15, -0.1) is 0 Å². The number of para-hydroxylation sites is 1. The molecule has 1 heterocycles. The van der Waals surface area contributed by atoms with E-state index >= 15 is 9.59 Å². The number of unbranched alkanes of at least 4 members (excludes halogenated alkanes) is 1. The van der Waals surface area contributed by atoms with Gasteiger partial charge in [-0.1, -0.05) is 137 Å². The maximum atomic E-state index is 15.5. The second-order valence-corrected chi connectivity index (χ2v) is 14.8. The molecule has 9 aromatic carbocycles. The molecule has 3 heteroatoms. The van der Waals surface area contributed by atoms with Gasteiger partial charge in [-0.25, -0.2) is 4.57 Å². The van der Waals surface area contributed by atoms with E-state index in [9.17, 15) is 0 Å². The molecule has 3 nitrogen and oxygen atoms in total. The van der Waals surface area contributed by atoms with Crippen molar-refractivity contribution in [1.82, 2.24) is 4.57 Å². The lowest BCUT2D eigenvalue weighted by atomic mass is 9.87. The highest BCUT2D eigenvalue weighted by molar-refractivity contribution is 6.48. The first-order valence-electron chi connectivity index (χ1n) is 18.9. The minimum Gasteiger partial charge on any atom is -0.268 e. The molecule has 52 heavy (non-hydrogen) atoms. The second-order valence-electron chi connectivity index (χ2n) is 14.8. The third kappa shape index (κ3) is 4.14. The number of nitrogens with zero attached hydrogens (tertiary/aromatic N) is 1. The second kappa shape index (κ2) is 11.6. The number of benzene rings is 8. The number of rotatable bonds is 9. The molecule has 1 atom stereocenters. The van der Waals surface area contributed by atoms with E-state index in [1.807, 2.05) is 54.6 Å². The summed E-state index contributed by atoms with van der Waals surface area (Å²) in [7, 11) is 0. The predicted octanol–water partition coefficient (Wildman–Crippen LogP) is 12.4. The molecule has 0 fully saturated rings. The van der Waals surface area contributed by atoms with E-state index in [-0.39, 0.29) is 11.1 Å². The Kier molecular flexibility index (Phi) is 6.92. The van der Waals surface area contributed by atoms with Gasteiger partial charge < -0.3 is 0 Å². The Labute approximate surface area is 302 Å². The van der Waals surface area contributed by atoms with Crippen molar-refractivity contribution in [2.24, 2.45) is 0 Å². The Bertz CT molecular complexity index is 2990. The van der Waals surface area contributed by atoms with E-state index in [1.54, 1.807) is 0 Å². The average molecular weight is 674 g/mol. The first-order chi connectivity index (χ1) is 25.5. The molecule has 0 N–H and O–H groups in total. The smallest absolute Gasteiger partial charge is 0.266 e. The number of aromatic nitrogens is 1. The summed E-state index contributed by atoms with van der Waals surface area (Å²) in [5.41, 5.74) is 6.32. The van der Waals surface area contributed by atoms with Crippen molar-refractivity contribution in [3.8, 4) is 27.9 Å². The SMILES string of the molecule is CCCCc1cc2c3c(=O)n(-c4c(-c5ccccc5)cccc4-c4ccccc4)c(=O)c3c3cc(C(C)CCC)c4ccc5ccc1c1c5c4c3c21. The minimum atomic E-state index is -0.241. The van der Waals surface area contributed by atoms with Crippen molar-refractivity contribution < 1.29 is 0 Å². The van der Waals surface area contributed by atoms with E-state index in [0.717, 1.165) is 75.9 Å². The van der Waals surface area contributed by atoms with Crippen molar-refractivity contribution >= 4 is 64.6 Å². The van der Waals surface area contributed by atoms with Crippen molar-refractivity contribution in [3.63, 3.8) is 0 Å². The molecule has 252 valence electrons. The van der Waals surface area contributed by atoms with Gasteiger partial charge in [-0.05, 0) is 113 Å². The molecule has 0 saturated carbocycles. The fourth-order valence-electron chi connectivity index (χ4n) is 9.55. The number of hydrogen-bond donors (Lipinski definition) is 0. The van der Waals surface area contributed by atoms with E-state index in [4.69, 9.17) is 0 Å². The molecular weight excluding hydrogens is 635 g/mol. The Morgan fingerprint density at radius 3 is 1.69 bits per heavy atom. The highest BCUT2D eigenvalue weighted by atomic mass is 16.2. The molecule has 0 amide bonds. The lowest BCUT2D eigenvalue weighted by molar-refractivity contribution is 0.670. The Morgan fingerprint density at radius 2 is 1.10 bits per heavy atom. The molecule has 1 aromatic heterocycles. The van der Waals surface area contributed by atoms with Crippen LogP contribution in [0.1, 0.15) is 63.5 Å². The quantitative estimate of drug-likeness (QED) is 0.143. The monoisotopic (exact) mass is 673 g/mol. The fraction of sp³-hybridized carbons (Fsp3) is 0.184. The van der Waals surface area contributed by atoms with Crippen LogP contribution in [-0.4, -0.2) is 4.57 Å². The van der Waals surface area contributed by atoms with Gasteiger partial charge in [0.1, 0.15) is 0 Å². The van der Waals surface area contributed by atoms with Gasteiger partial charge >= 0.3 is 0 Å². The van der Waals surface area contributed by atoms with Gasteiger partial charge in [0.2, 0.25) is 0 Å². The summed E-state index contributed by atoms with van der Waals surface area (Å²) in [5, 5.41) is 12.8. The standard InChI is InChI=1S/C49H39NO2/c1-4-6-15-32-26-38-43-41-33(32)24-22-31-23-25-36-37(28(3)14-5-2)27-39(44(43)42(36)40(31)41)46-45(38)48(51)50(49(46)52)47-34(29-16-9-7-10-17-29)20-13-21-35(47)30-18-11-8-12-19-30/h7-13,16-28H,4-6,14-15H2,1-3H3. The summed E-state index contributed by atoms with van der Waals surface area (Å²) in [6.45, 7) is 6.77. The van der Waals surface area contributed by atoms with Crippen molar-refractivity contribution in [2.75, 3.05) is 0 Å². The van der Waals surface area contributed by atoms with Crippen molar-refractivity contribution in [1.29, 1.82) is 0 Å². The maximum absolute atomic E-state index is 15.5. The van der Waals surface area contributed by atoms with E-state index in [1.165, 1.54) is 48.0 Å². The predicted molar refractivity (Wildman–Crippen MR) is 221 cm³/mol. The van der Waals surface area contributed by atoms with Crippen LogP contribution in [0.25, 0.3) is 92.6 Å². The Hall–Kier alpha value is -5.80.